The van der Waals surface area contributed by atoms with Crippen LogP contribution in [0.3, 0.4) is 0 Å². The molecule has 0 aliphatic heterocycles. The topological polar surface area (TPSA) is 3.24 Å². The van der Waals surface area contributed by atoms with Gasteiger partial charge in [0.2, 0.25) is 0 Å². The van der Waals surface area contributed by atoms with E-state index in [2.05, 4.69) is 207 Å². The molecule has 1 spiro atoms. The fraction of sp³-hybridized carbons (Fsp3) is 0.0588. The highest BCUT2D eigenvalue weighted by atomic mass is 15.1. The van der Waals surface area contributed by atoms with Gasteiger partial charge in [0, 0.05) is 11.3 Å². The molecule has 0 unspecified atom stereocenters. The van der Waals surface area contributed by atoms with Crippen LogP contribution in [0.4, 0.5) is 17.1 Å². The Morgan fingerprint density at radius 2 is 0.808 bits per heavy atom. The van der Waals surface area contributed by atoms with Crippen LogP contribution < -0.4 is 4.90 Å². The standard InChI is InChI=1S/C51H37N/c1-34-32-39(37-18-7-4-8-19-37)33-35(2)50(34)52(40-30-28-38(29-31-40)36-16-5-3-6-17-36)48-27-15-26-47-49(48)43-22-11-14-25-46(43)51(47)44-23-12-9-20-41(44)42-21-10-13-24-45(42)51/h3-33H,1-2H3. The van der Waals surface area contributed by atoms with Gasteiger partial charge in [0.05, 0.1) is 16.8 Å². The number of rotatable bonds is 5. The number of aryl methyl sites for hydroxylation is 2. The molecule has 0 aromatic heterocycles. The summed E-state index contributed by atoms with van der Waals surface area (Å²) in [6, 6.07) is 69.4. The molecule has 10 rings (SSSR count). The fourth-order valence-corrected chi connectivity index (χ4v) is 9.24. The Balaban J connectivity index is 1.25. The van der Waals surface area contributed by atoms with Crippen LogP contribution in [0.1, 0.15) is 33.4 Å². The third-order valence-electron chi connectivity index (χ3n) is 11.3. The maximum absolute atomic E-state index is 2.52. The maximum Gasteiger partial charge on any atom is 0.0726 e. The first-order chi connectivity index (χ1) is 25.6. The molecule has 0 amide bonds. The van der Waals surface area contributed by atoms with E-state index in [9.17, 15) is 0 Å². The molecule has 1 heteroatoms. The first-order valence-corrected chi connectivity index (χ1v) is 18.2. The summed E-state index contributed by atoms with van der Waals surface area (Å²) in [5.74, 6) is 0. The molecule has 0 radical (unpaired) electrons. The molecule has 0 fully saturated rings. The van der Waals surface area contributed by atoms with E-state index in [0.29, 0.717) is 0 Å². The molecule has 2 aliphatic carbocycles. The van der Waals surface area contributed by atoms with Gasteiger partial charge in [0.1, 0.15) is 0 Å². The van der Waals surface area contributed by atoms with E-state index in [1.54, 1.807) is 0 Å². The second kappa shape index (κ2) is 11.8. The van der Waals surface area contributed by atoms with E-state index in [1.165, 1.54) is 89.3 Å². The van der Waals surface area contributed by atoms with Crippen molar-refractivity contribution < 1.29 is 0 Å². The fourth-order valence-electron chi connectivity index (χ4n) is 9.24. The molecule has 0 atom stereocenters. The summed E-state index contributed by atoms with van der Waals surface area (Å²) in [5, 5.41) is 0. The van der Waals surface area contributed by atoms with E-state index in [0.717, 1.165) is 5.69 Å². The largest absolute Gasteiger partial charge is 0.309 e. The van der Waals surface area contributed by atoms with Crippen molar-refractivity contribution in [2.75, 3.05) is 4.90 Å². The molecule has 0 N–H and O–H groups in total. The third kappa shape index (κ3) is 4.36. The summed E-state index contributed by atoms with van der Waals surface area (Å²) in [6.07, 6.45) is 0. The summed E-state index contributed by atoms with van der Waals surface area (Å²) in [5.41, 5.74) is 21.1. The SMILES string of the molecule is Cc1cc(-c2ccccc2)cc(C)c1N(c1ccc(-c2ccccc2)cc1)c1cccc2c1-c1ccccc1C21c2ccccc2-c2ccccc21. The zero-order valence-electron chi connectivity index (χ0n) is 29.3. The molecule has 0 bridgehead atoms. The second-order valence-corrected chi connectivity index (χ2v) is 14.2. The Kier molecular flexibility index (Phi) is 6.91. The summed E-state index contributed by atoms with van der Waals surface area (Å²) in [4.78, 5) is 2.52. The van der Waals surface area contributed by atoms with Gasteiger partial charge in [-0.25, -0.2) is 0 Å². The average molecular weight is 664 g/mol. The van der Waals surface area contributed by atoms with Gasteiger partial charge in [-0.1, -0.05) is 158 Å². The Labute approximate surface area is 306 Å². The minimum absolute atomic E-state index is 0.404. The molecule has 8 aromatic carbocycles. The van der Waals surface area contributed by atoms with Crippen molar-refractivity contribution in [3.8, 4) is 44.5 Å². The minimum Gasteiger partial charge on any atom is -0.309 e. The molecule has 246 valence electrons. The Hall–Kier alpha value is -6.44. The van der Waals surface area contributed by atoms with Crippen molar-refractivity contribution in [2.24, 2.45) is 0 Å². The summed E-state index contributed by atoms with van der Waals surface area (Å²) >= 11 is 0. The Morgan fingerprint density at radius 3 is 1.38 bits per heavy atom. The lowest BCUT2D eigenvalue weighted by molar-refractivity contribution is 0.794. The number of hydrogen-bond acceptors (Lipinski definition) is 1. The molecule has 1 nitrogen and oxygen atoms in total. The van der Waals surface area contributed by atoms with Crippen molar-refractivity contribution in [3.05, 3.63) is 221 Å². The first kappa shape index (κ1) is 30.4. The van der Waals surface area contributed by atoms with Gasteiger partial charge in [-0.15, -0.1) is 0 Å². The summed E-state index contributed by atoms with van der Waals surface area (Å²) in [6.45, 7) is 4.53. The number of benzene rings is 8. The Bertz CT molecular complexity index is 2560. The van der Waals surface area contributed by atoms with E-state index in [-0.39, 0.29) is 0 Å². The predicted octanol–water partition coefficient (Wildman–Crippen LogP) is 13.5. The van der Waals surface area contributed by atoms with E-state index < -0.39 is 5.41 Å². The smallest absolute Gasteiger partial charge is 0.0726 e. The molecule has 2 aliphatic rings. The van der Waals surface area contributed by atoms with Crippen molar-refractivity contribution >= 4 is 17.1 Å². The van der Waals surface area contributed by atoms with E-state index >= 15 is 0 Å². The van der Waals surface area contributed by atoms with Crippen molar-refractivity contribution in [1.29, 1.82) is 0 Å². The van der Waals surface area contributed by atoms with E-state index in [4.69, 9.17) is 0 Å². The van der Waals surface area contributed by atoms with Gasteiger partial charge in [-0.3, -0.25) is 0 Å². The van der Waals surface area contributed by atoms with Gasteiger partial charge in [-0.05, 0) is 117 Å². The summed E-state index contributed by atoms with van der Waals surface area (Å²) < 4.78 is 0. The molecule has 0 heterocycles. The number of fused-ring (bicyclic) bond motifs is 10. The lowest BCUT2D eigenvalue weighted by atomic mass is 9.70. The zero-order valence-corrected chi connectivity index (χ0v) is 29.3. The van der Waals surface area contributed by atoms with E-state index in [1.807, 2.05) is 0 Å². The molecular weight excluding hydrogens is 627 g/mol. The van der Waals surface area contributed by atoms with Crippen LogP contribution in [0, 0.1) is 13.8 Å². The van der Waals surface area contributed by atoms with Crippen molar-refractivity contribution in [3.63, 3.8) is 0 Å². The first-order valence-electron chi connectivity index (χ1n) is 18.2. The molecule has 52 heavy (non-hydrogen) atoms. The minimum atomic E-state index is -0.404. The van der Waals surface area contributed by atoms with Crippen molar-refractivity contribution in [1.82, 2.24) is 0 Å². The monoisotopic (exact) mass is 663 g/mol. The molecular formula is C51H37N. The number of hydrogen-bond donors (Lipinski definition) is 0. The maximum atomic E-state index is 2.52. The van der Waals surface area contributed by atoms with Crippen LogP contribution in [-0.2, 0) is 5.41 Å². The van der Waals surface area contributed by atoms with Gasteiger partial charge in [-0.2, -0.15) is 0 Å². The lowest BCUT2D eigenvalue weighted by Gasteiger charge is -2.33. The van der Waals surface area contributed by atoms with Crippen LogP contribution in [0.15, 0.2) is 188 Å². The van der Waals surface area contributed by atoms with Gasteiger partial charge in [0.25, 0.3) is 0 Å². The van der Waals surface area contributed by atoms with Gasteiger partial charge < -0.3 is 4.90 Å². The van der Waals surface area contributed by atoms with Gasteiger partial charge in [0.15, 0.2) is 0 Å². The van der Waals surface area contributed by atoms with Crippen LogP contribution in [0.5, 0.6) is 0 Å². The highest BCUT2D eigenvalue weighted by molar-refractivity contribution is 6.01. The molecule has 8 aromatic rings. The third-order valence-corrected chi connectivity index (χ3v) is 11.3. The van der Waals surface area contributed by atoms with Crippen molar-refractivity contribution in [2.45, 2.75) is 19.3 Å². The normalized spacial score (nSPS) is 13.0. The number of nitrogens with zero attached hydrogens (tertiary/aromatic N) is 1. The Morgan fingerprint density at radius 1 is 0.365 bits per heavy atom. The van der Waals surface area contributed by atoms with Crippen LogP contribution in [-0.4, -0.2) is 0 Å². The number of anilines is 3. The van der Waals surface area contributed by atoms with Crippen LogP contribution >= 0.6 is 0 Å². The average Bonchev–Trinajstić information content (AvgIpc) is 3.68. The highest BCUT2D eigenvalue weighted by Gasteiger charge is 2.52. The lowest BCUT2D eigenvalue weighted by Crippen LogP contribution is -2.26. The van der Waals surface area contributed by atoms with Gasteiger partial charge >= 0.3 is 0 Å². The second-order valence-electron chi connectivity index (χ2n) is 14.2. The zero-order chi connectivity index (χ0) is 34.8. The predicted molar refractivity (Wildman–Crippen MR) is 218 cm³/mol. The summed E-state index contributed by atoms with van der Waals surface area (Å²) in [7, 11) is 0. The highest BCUT2D eigenvalue weighted by Crippen LogP contribution is 2.64. The van der Waals surface area contributed by atoms with Crippen LogP contribution in [0.2, 0.25) is 0 Å². The molecule has 0 saturated heterocycles. The molecule has 0 saturated carbocycles. The van der Waals surface area contributed by atoms with Crippen LogP contribution in [0.25, 0.3) is 44.5 Å². The quantitative estimate of drug-likeness (QED) is 0.177.